The first-order valence-electron chi connectivity index (χ1n) is 10.5. The summed E-state index contributed by atoms with van der Waals surface area (Å²) in [6, 6.07) is 15.7. The lowest BCUT2D eigenvalue weighted by molar-refractivity contribution is 0.0957. The van der Waals surface area contributed by atoms with E-state index in [-0.39, 0.29) is 28.0 Å². The fraction of sp³-hybridized carbons (Fsp3) is 0.0833. The van der Waals surface area contributed by atoms with Crippen molar-refractivity contribution in [2.75, 3.05) is 18.6 Å². The van der Waals surface area contributed by atoms with Crippen molar-refractivity contribution >= 4 is 27.3 Å². The number of halogens is 1. The zero-order chi connectivity index (χ0) is 25.9. The Hall–Kier alpha value is -4.58. The molecule has 0 spiro atoms. The van der Waals surface area contributed by atoms with E-state index in [1.165, 1.54) is 31.4 Å². The minimum absolute atomic E-state index is 0.140. The van der Waals surface area contributed by atoms with E-state index < -0.39 is 21.6 Å². The first-order valence-corrected chi connectivity index (χ1v) is 12.4. The molecule has 0 aliphatic heterocycles. The molecule has 0 saturated carbocycles. The molecule has 0 fully saturated rings. The Morgan fingerprint density at radius 1 is 0.917 bits per heavy atom. The number of carbonyl (C=O) groups excluding carboxylic acids is 2. The van der Waals surface area contributed by atoms with E-state index in [9.17, 15) is 22.4 Å². The van der Waals surface area contributed by atoms with Crippen LogP contribution in [0.4, 0.5) is 10.1 Å². The lowest BCUT2D eigenvalue weighted by Gasteiger charge is -2.08. The quantitative estimate of drug-likeness (QED) is 0.391. The minimum Gasteiger partial charge on any atom is -0.457 e. The molecule has 2 amide bonds. The molecule has 36 heavy (non-hydrogen) atoms. The number of carbonyl (C=O) groups is 2. The molecule has 184 valence electrons. The third-order valence-electron chi connectivity index (χ3n) is 4.90. The predicted octanol–water partition coefficient (Wildman–Crippen LogP) is 3.21. The van der Waals surface area contributed by atoms with Crippen LogP contribution in [0.25, 0.3) is 5.69 Å². The zero-order valence-corrected chi connectivity index (χ0v) is 19.9. The maximum atomic E-state index is 13.3. The van der Waals surface area contributed by atoms with Crippen molar-refractivity contribution in [3.05, 3.63) is 90.1 Å². The molecule has 4 rings (SSSR count). The van der Waals surface area contributed by atoms with Gasteiger partial charge in [0.2, 0.25) is 0 Å². The van der Waals surface area contributed by atoms with Crippen molar-refractivity contribution in [1.82, 2.24) is 20.1 Å². The monoisotopic (exact) mass is 509 g/mol. The summed E-state index contributed by atoms with van der Waals surface area (Å²) in [6.45, 7) is 0. The maximum absolute atomic E-state index is 13.3. The number of hydrogen-bond donors (Lipinski definition) is 2. The molecule has 12 heteroatoms. The highest BCUT2D eigenvalue weighted by atomic mass is 32.2. The van der Waals surface area contributed by atoms with Crippen molar-refractivity contribution in [1.29, 1.82) is 0 Å². The normalized spacial score (nSPS) is 11.1. The van der Waals surface area contributed by atoms with E-state index >= 15 is 0 Å². The van der Waals surface area contributed by atoms with Gasteiger partial charge >= 0.3 is 0 Å². The summed E-state index contributed by atoms with van der Waals surface area (Å²) < 4.78 is 44.6. The second-order valence-corrected chi connectivity index (χ2v) is 9.53. The average Bonchev–Trinajstić information content (AvgIpc) is 3.32. The van der Waals surface area contributed by atoms with Gasteiger partial charge in [0.25, 0.3) is 11.8 Å². The van der Waals surface area contributed by atoms with Crippen LogP contribution in [0.5, 0.6) is 11.5 Å². The van der Waals surface area contributed by atoms with E-state index in [1.807, 2.05) is 0 Å². The SMILES string of the molecule is CNC(=O)c1cc(Oc2ccc(NC(=O)c3cc(S(C)(=O)=O)n(-c4ccc(F)cc4)n3)cc2)ccn1. The van der Waals surface area contributed by atoms with Crippen molar-refractivity contribution in [3.63, 3.8) is 0 Å². The van der Waals surface area contributed by atoms with Gasteiger partial charge in [-0.25, -0.2) is 17.5 Å². The van der Waals surface area contributed by atoms with Crippen molar-refractivity contribution in [2.45, 2.75) is 5.03 Å². The van der Waals surface area contributed by atoms with Gasteiger partial charge < -0.3 is 15.4 Å². The average molecular weight is 510 g/mol. The lowest BCUT2D eigenvalue weighted by atomic mass is 10.3. The van der Waals surface area contributed by atoms with E-state index in [0.717, 1.165) is 29.1 Å². The van der Waals surface area contributed by atoms with E-state index in [2.05, 4.69) is 20.7 Å². The third-order valence-corrected chi connectivity index (χ3v) is 5.95. The Morgan fingerprint density at radius 3 is 2.25 bits per heavy atom. The molecule has 0 aliphatic carbocycles. The molecule has 10 nitrogen and oxygen atoms in total. The number of rotatable bonds is 7. The van der Waals surface area contributed by atoms with Crippen LogP contribution in [0.3, 0.4) is 0 Å². The number of ether oxygens (including phenoxy) is 1. The van der Waals surface area contributed by atoms with Crippen LogP contribution < -0.4 is 15.4 Å². The Balaban J connectivity index is 1.51. The first-order chi connectivity index (χ1) is 17.1. The molecule has 0 bridgehead atoms. The van der Waals surface area contributed by atoms with Crippen LogP contribution in [0.1, 0.15) is 21.0 Å². The van der Waals surface area contributed by atoms with Gasteiger partial charge in [0.15, 0.2) is 20.6 Å². The van der Waals surface area contributed by atoms with Crippen LogP contribution >= 0.6 is 0 Å². The fourth-order valence-electron chi connectivity index (χ4n) is 3.17. The molecular weight excluding hydrogens is 489 g/mol. The summed E-state index contributed by atoms with van der Waals surface area (Å²) in [5.74, 6) is -0.631. The van der Waals surface area contributed by atoms with Crippen molar-refractivity contribution in [2.24, 2.45) is 0 Å². The number of hydrogen-bond acceptors (Lipinski definition) is 7. The summed E-state index contributed by atoms with van der Waals surface area (Å²) in [5, 5.41) is 9.03. The van der Waals surface area contributed by atoms with E-state index in [1.54, 1.807) is 30.3 Å². The Kier molecular flexibility index (Phi) is 6.79. The Bertz CT molecular complexity index is 1530. The molecule has 2 aromatic carbocycles. The standard InChI is InChI=1S/C24H20FN5O5S/c1-26-23(31)20-13-19(11-12-27-20)35-18-9-5-16(6-10-18)28-24(32)21-14-22(36(2,33)34)30(29-21)17-7-3-15(25)4-8-17/h3-14H,1-2H3,(H,26,31)(H,28,32). The topological polar surface area (TPSA) is 132 Å². The van der Waals surface area contributed by atoms with Crippen LogP contribution in [0.2, 0.25) is 0 Å². The number of benzene rings is 2. The molecule has 2 N–H and O–H groups in total. The smallest absolute Gasteiger partial charge is 0.276 e. The number of aromatic nitrogens is 3. The summed E-state index contributed by atoms with van der Waals surface area (Å²) in [6.07, 6.45) is 2.44. The van der Waals surface area contributed by atoms with Crippen LogP contribution in [-0.4, -0.2) is 48.3 Å². The Labute approximate surface area is 205 Å². The number of pyridine rings is 1. The van der Waals surface area contributed by atoms with Gasteiger partial charge in [0, 0.05) is 37.3 Å². The van der Waals surface area contributed by atoms with Crippen molar-refractivity contribution < 1.29 is 27.1 Å². The highest BCUT2D eigenvalue weighted by Crippen LogP contribution is 2.24. The largest absolute Gasteiger partial charge is 0.457 e. The van der Waals surface area contributed by atoms with Crippen molar-refractivity contribution in [3.8, 4) is 17.2 Å². The van der Waals surface area contributed by atoms with Gasteiger partial charge in [-0.15, -0.1) is 0 Å². The van der Waals surface area contributed by atoms with Gasteiger partial charge in [-0.3, -0.25) is 14.6 Å². The number of amides is 2. The maximum Gasteiger partial charge on any atom is 0.276 e. The molecule has 0 saturated heterocycles. The van der Waals surface area contributed by atoms with Gasteiger partial charge in [0.05, 0.1) is 5.69 Å². The molecule has 0 aliphatic rings. The summed E-state index contributed by atoms with van der Waals surface area (Å²) in [7, 11) is -2.24. The summed E-state index contributed by atoms with van der Waals surface area (Å²) in [4.78, 5) is 28.5. The molecule has 4 aromatic rings. The fourth-order valence-corrected chi connectivity index (χ4v) is 3.96. The predicted molar refractivity (Wildman–Crippen MR) is 129 cm³/mol. The van der Waals surface area contributed by atoms with E-state index in [0.29, 0.717) is 17.2 Å². The Morgan fingerprint density at radius 2 is 1.61 bits per heavy atom. The minimum atomic E-state index is -3.74. The van der Waals surface area contributed by atoms with Gasteiger partial charge in [-0.2, -0.15) is 5.10 Å². The lowest BCUT2D eigenvalue weighted by Crippen LogP contribution is -2.18. The van der Waals surface area contributed by atoms with Gasteiger partial charge in [-0.05, 0) is 54.6 Å². The second-order valence-electron chi connectivity index (χ2n) is 7.56. The summed E-state index contributed by atoms with van der Waals surface area (Å²) >= 11 is 0. The number of sulfone groups is 1. The molecular formula is C24H20FN5O5S. The molecule has 2 aromatic heterocycles. The van der Waals surface area contributed by atoms with Crippen LogP contribution in [0, 0.1) is 5.82 Å². The van der Waals surface area contributed by atoms with E-state index in [4.69, 9.17) is 4.74 Å². The third kappa shape index (κ3) is 5.55. The van der Waals surface area contributed by atoms with Crippen LogP contribution in [-0.2, 0) is 9.84 Å². The highest BCUT2D eigenvalue weighted by Gasteiger charge is 2.22. The second kappa shape index (κ2) is 9.96. The zero-order valence-electron chi connectivity index (χ0n) is 19.1. The molecule has 0 atom stereocenters. The summed E-state index contributed by atoms with van der Waals surface area (Å²) in [5.41, 5.74) is 0.754. The molecule has 0 unspecified atom stereocenters. The number of nitrogens with zero attached hydrogens (tertiary/aromatic N) is 3. The number of anilines is 1. The highest BCUT2D eigenvalue weighted by molar-refractivity contribution is 7.90. The number of nitrogens with one attached hydrogen (secondary N) is 2. The van der Waals surface area contributed by atoms with Gasteiger partial charge in [0.1, 0.15) is 23.0 Å². The molecule has 2 heterocycles. The molecule has 0 radical (unpaired) electrons. The first kappa shape index (κ1) is 24.5. The van der Waals surface area contributed by atoms with Gasteiger partial charge in [-0.1, -0.05) is 0 Å². The van der Waals surface area contributed by atoms with Crippen LogP contribution in [0.15, 0.2) is 78.0 Å².